The molecular formula is C13H11ClF2N2O. The molecule has 0 N–H and O–H groups in total. The van der Waals surface area contributed by atoms with Gasteiger partial charge in [0.1, 0.15) is 11.6 Å². The lowest BCUT2D eigenvalue weighted by atomic mass is 10.1. The normalized spacial score (nSPS) is 10.8. The van der Waals surface area contributed by atoms with Gasteiger partial charge in [-0.1, -0.05) is 11.6 Å². The van der Waals surface area contributed by atoms with Crippen LogP contribution in [0.4, 0.5) is 8.78 Å². The van der Waals surface area contributed by atoms with Crippen LogP contribution >= 0.6 is 11.6 Å². The first-order valence-corrected chi connectivity index (χ1v) is 5.93. The molecule has 0 radical (unpaired) electrons. The van der Waals surface area contributed by atoms with E-state index in [1.807, 2.05) is 0 Å². The molecule has 0 amide bonds. The maximum atomic E-state index is 13.1. The van der Waals surface area contributed by atoms with E-state index in [1.54, 1.807) is 14.0 Å². The fourth-order valence-corrected chi connectivity index (χ4v) is 2.07. The van der Waals surface area contributed by atoms with E-state index >= 15 is 0 Å². The summed E-state index contributed by atoms with van der Waals surface area (Å²) >= 11 is 6.02. The Morgan fingerprint density at radius 3 is 2.37 bits per heavy atom. The highest BCUT2D eigenvalue weighted by Gasteiger charge is 2.17. The highest BCUT2D eigenvalue weighted by Crippen LogP contribution is 2.21. The minimum atomic E-state index is -0.782. The van der Waals surface area contributed by atoms with Gasteiger partial charge in [-0.25, -0.2) is 8.78 Å². The second-order valence-electron chi connectivity index (χ2n) is 4.23. The molecule has 0 aliphatic heterocycles. The van der Waals surface area contributed by atoms with E-state index in [9.17, 15) is 13.6 Å². The maximum absolute atomic E-state index is 13.1. The largest absolute Gasteiger partial charge is 0.294 e. The second-order valence-corrected chi connectivity index (χ2v) is 4.61. The van der Waals surface area contributed by atoms with Crippen LogP contribution in [0.1, 0.15) is 21.7 Å². The molecule has 0 fully saturated rings. The van der Waals surface area contributed by atoms with E-state index < -0.39 is 17.4 Å². The first-order valence-electron chi connectivity index (χ1n) is 5.55. The highest BCUT2D eigenvalue weighted by atomic mass is 35.5. The second kappa shape index (κ2) is 5.09. The quantitative estimate of drug-likeness (QED) is 0.812. The van der Waals surface area contributed by atoms with Crippen LogP contribution in [0.25, 0.3) is 0 Å². The van der Waals surface area contributed by atoms with Crippen molar-refractivity contribution >= 4 is 17.4 Å². The van der Waals surface area contributed by atoms with E-state index in [1.165, 1.54) is 4.68 Å². The van der Waals surface area contributed by atoms with Crippen molar-refractivity contribution in [2.24, 2.45) is 7.05 Å². The molecule has 3 nitrogen and oxygen atoms in total. The van der Waals surface area contributed by atoms with Crippen LogP contribution in [0.15, 0.2) is 18.2 Å². The zero-order valence-electron chi connectivity index (χ0n) is 10.4. The zero-order chi connectivity index (χ0) is 14.2. The molecule has 2 aromatic rings. The third-order valence-electron chi connectivity index (χ3n) is 2.77. The Balaban J connectivity index is 2.30. The van der Waals surface area contributed by atoms with Gasteiger partial charge >= 0.3 is 0 Å². The Labute approximate surface area is 113 Å². The molecule has 100 valence electrons. The number of benzene rings is 1. The maximum Gasteiger partial charge on any atom is 0.169 e. The minimum absolute atomic E-state index is 0.0209. The van der Waals surface area contributed by atoms with Gasteiger partial charge < -0.3 is 0 Å². The van der Waals surface area contributed by atoms with Crippen molar-refractivity contribution in [3.63, 3.8) is 0 Å². The Hall–Kier alpha value is -1.75. The predicted octanol–water partition coefficient (Wildman–Crippen LogP) is 3.09. The van der Waals surface area contributed by atoms with Crippen molar-refractivity contribution in [3.05, 3.63) is 51.8 Å². The van der Waals surface area contributed by atoms with Gasteiger partial charge in [-0.05, 0) is 19.1 Å². The summed E-state index contributed by atoms with van der Waals surface area (Å²) in [5.74, 6) is -1.98. The number of hydrogen-bond acceptors (Lipinski definition) is 2. The number of aryl methyl sites for hydroxylation is 2. The summed E-state index contributed by atoms with van der Waals surface area (Å²) in [6, 6.07) is 2.73. The van der Waals surface area contributed by atoms with Gasteiger partial charge in [-0.2, -0.15) is 5.10 Å². The molecule has 0 saturated carbocycles. The summed E-state index contributed by atoms with van der Waals surface area (Å²) in [6.07, 6.45) is -0.0565. The van der Waals surface area contributed by atoms with E-state index in [4.69, 9.17) is 11.6 Å². The Bertz CT molecular complexity index is 632. The number of halogens is 3. The standard InChI is InChI=1S/C13H11ClF2N2O/c1-7-13(14)11(18(2)17-7)6-12(19)8-3-9(15)5-10(16)4-8/h3-5H,6H2,1-2H3. The Morgan fingerprint density at radius 1 is 1.32 bits per heavy atom. The average molecular weight is 285 g/mol. The molecular weight excluding hydrogens is 274 g/mol. The van der Waals surface area contributed by atoms with Crippen molar-refractivity contribution in [1.29, 1.82) is 0 Å². The van der Waals surface area contributed by atoms with Gasteiger partial charge in [0, 0.05) is 18.7 Å². The number of aromatic nitrogens is 2. The van der Waals surface area contributed by atoms with Gasteiger partial charge in [-0.15, -0.1) is 0 Å². The third kappa shape index (κ3) is 2.81. The molecule has 1 heterocycles. The lowest BCUT2D eigenvalue weighted by molar-refractivity contribution is 0.0990. The predicted molar refractivity (Wildman–Crippen MR) is 67.3 cm³/mol. The van der Waals surface area contributed by atoms with Gasteiger partial charge in [-0.3, -0.25) is 9.48 Å². The number of carbonyl (C=O) groups is 1. The minimum Gasteiger partial charge on any atom is -0.294 e. The summed E-state index contributed by atoms with van der Waals surface area (Å²) in [5.41, 5.74) is 1.11. The van der Waals surface area contributed by atoms with Crippen molar-refractivity contribution in [2.45, 2.75) is 13.3 Å². The van der Waals surface area contributed by atoms with E-state index in [2.05, 4.69) is 5.10 Å². The smallest absolute Gasteiger partial charge is 0.169 e. The van der Waals surface area contributed by atoms with Crippen LogP contribution in [-0.4, -0.2) is 15.6 Å². The molecule has 0 unspecified atom stereocenters. The van der Waals surface area contributed by atoms with Crippen LogP contribution in [-0.2, 0) is 13.5 Å². The third-order valence-corrected chi connectivity index (χ3v) is 3.27. The lowest BCUT2D eigenvalue weighted by Gasteiger charge is -2.03. The monoisotopic (exact) mass is 284 g/mol. The molecule has 0 bridgehead atoms. The number of carbonyl (C=O) groups excluding carboxylic acids is 1. The van der Waals surface area contributed by atoms with E-state index in [0.717, 1.165) is 18.2 Å². The number of hydrogen-bond donors (Lipinski definition) is 0. The van der Waals surface area contributed by atoms with Gasteiger partial charge in [0.15, 0.2) is 5.78 Å². The molecule has 6 heteroatoms. The molecule has 2 rings (SSSR count). The van der Waals surface area contributed by atoms with Crippen molar-refractivity contribution in [3.8, 4) is 0 Å². The summed E-state index contributed by atoms with van der Waals surface area (Å²) in [5, 5.41) is 4.47. The van der Waals surface area contributed by atoms with Crippen molar-refractivity contribution in [1.82, 2.24) is 9.78 Å². The average Bonchev–Trinajstić information content (AvgIpc) is 2.54. The van der Waals surface area contributed by atoms with Crippen molar-refractivity contribution in [2.75, 3.05) is 0 Å². The molecule has 0 aliphatic carbocycles. The Kier molecular flexibility index (Phi) is 3.66. The van der Waals surface area contributed by atoms with Crippen LogP contribution in [0.3, 0.4) is 0 Å². The zero-order valence-corrected chi connectivity index (χ0v) is 11.1. The molecule has 0 saturated heterocycles. The van der Waals surface area contributed by atoms with Crippen LogP contribution in [0.5, 0.6) is 0 Å². The molecule has 0 spiro atoms. The lowest BCUT2D eigenvalue weighted by Crippen LogP contribution is -2.09. The number of ketones is 1. The first-order chi connectivity index (χ1) is 8.88. The molecule has 1 aromatic carbocycles. The first kappa shape index (κ1) is 13.7. The number of Topliss-reactive ketones (excluding diaryl/α,β-unsaturated/α-hetero) is 1. The van der Waals surface area contributed by atoms with Crippen LogP contribution < -0.4 is 0 Å². The van der Waals surface area contributed by atoms with E-state index in [-0.39, 0.29) is 12.0 Å². The fourth-order valence-electron chi connectivity index (χ4n) is 1.84. The fraction of sp³-hybridized carbons (Fsp3) is 0.231. The van der Waals surface area contributed by atoms with Crippen molar-refractivity contribution < 1.29 is 13.6 Å². The Morgan fingerprint density at radius 2 is 1.89 bits per heavy atom. The van der Waals surface area contributed by atoms with Gasteiger partial charge in [0.25, 0.3) is 0 Å². The summed E-state index contributed by atoms with van der Waals surface area (Å²) in [4.78, 5) is 12.0. The van der Waals surface area contributed by atoms with Crippen LogP contribution in [0.2, 0.25) is 5.02 Å². The van der Waals surface area contributed by atoms with Gasteiger partial charge in [0.2, 0.25) is 0 Å². The molecule has 0 aliphatic rings. The SMILES string of the molecule is Cc1nn(C)c(CC(=O)c2cc(F)cc(F)c2)c1Cl. The van der Waals surface area contributed by atoms with Crippen LogP contribution in [0, 0.1) is 18.6 Å². The summed E-state index contributed by atoms with van der Waals surface area (Å²) in [6.45, 7) is 1.72. The number of rotatable bonds is 3. The topological polar surface area (TPSA) is 34.9 Å². The summed E-state index contributed by atoms with van der Waals surface area (Å²) < 4.78 is 27.6. The molecule has 1 aromatic heterocycles. The molecule has 19 heavy (non-hydrogen) atoms. The molecule has 0 atom stereocenters. The summed E-state index contributed by atoms with van der Waals surface area (Å²) in [7, 11) is 1.66. The van der Waals surface area contributed by atoms with E-state index in [0.29, 0.717) is 16.4 Å². The number of nitrogens with zero attached hydrogens (tertiary/aromatic N) is 2. The highest BCUT2D eigenvalue weighted by molar-refractivity contribution is 6.32. The van der Waals surface area contributed by atoms with Gasteiger partial charge in [0.05, 0.1) is 22.8 Å².